The zero-order valence-electron chi connectivity index (χ0n) is 6.26. The second-order valence-electron chi connectivity index (χ2n) is 2.34. The van der Waals surface area contributed by atoms with E-state index in [1.165, 1.54) is 0 Å². The summed E-state index contributed by atoms with van der Waals surface area (Å²) < 4.78 is 12.6. The summed E-state index contributed by atoms with van der Waals surface area (Å²) in [5.41, 5.74) is 1.52. The molecule has 0 saturated carbocycles. The van der Waals surface area contributed by atoms with Crippen molar-refractivity contribution in [2.75, 3.05) is 0 Å². The van der Waals surface area contributed by atoms with Crippen molar-refractivity contribution in [3.05, 3.63) is 48.9 Å². The summed E-state index contributed by atoms with van der Waals surface area (Å²) in [6, 6.07) is 7.12. The molecule has 1 heteroatoms. The van der Waals surface area contributed by atoms with Crippen LogP contribution in [0.5, 0.6) is 0 Å². The highest BCUT2D eigenvalue weighted by atomic mass is 19.1. The van der Waals surface area contributed by atoms with Crippen LogP contribution in [0, 0.1) is 6.92 Å². The third kappa shape index (κ3) is 1.90. The summed E-state index contributed by atoms with van der Waals surface area (Å²) in [4.78, 5) is 0. The smallest absolute Gasteiger partial charge is 0.125 e. The average Bonchev–Trinajstić information content (AvgIpc) is 2.05. The van der Waals surface area contributed by atoms with Crippen LogP contribution < -0.4 is 0 Å². The lowest BCUT2D eigenvalue weighted by Gasteiger charge is -2.01. The molecule has 1 rings (SSSR count). The van der Waals surface area contributed by atoms with Gasteiger partial charge in [-0.15, -0.1) is 0 Å². The van der Waals surface area contributed by atoms with E-state index in [0.29, 0.717) is 5.56 Å². The van der Waals surface area contributed by atoms with E-state index in [2.05, 4.69) is 13.5 Å². The van der Waals surface area contributed by atoms with Gasteiger partial charge in [0.15, 0.2) is 0 Å². The maximum absolute atomic E-state index is 12.6. The van der Waals surface area contributed by atoms with Gasteiger partial charge in [-0.05, 0) is 24.1 Å². The van der Waals surface area contributed by atoms with Crippen molar-refractivity contribution in [2.24, 2.45) is 0 Å². The Hall–Kier alpha value is -1.11. The Bertz CT molecular complexity index is 251. The average molecular weight is 149 g/mol. The van der Waals surface area contributed by atoms with Gasteiger partial charge in [0.25, 0.3) is 0 Å². The highest BCUT2D eigenvalue weighted by Gasteiger charge is 2.00. The van der Waals surface area contributed by atoms with Gasteiger partial charge in [0, 0.05) is 0 Å². The fraction of sp³-hybridized carbons (Fsp3) is 0.100. The Balaban J connectivity index is 3.00. The van der Waals surface area contributed by atoms with Crippen LogP contribution in [0.15, 0.2) is 30.8 Å². The van der Waals surface area contributed by atoms with Gasteiger partial charge >= 0.3 is 0 Å². The molecular weight excluding hydrogens is 139 g/mol. The van der Waals surface area contributed by atoms with Crippen LogP contribution in [0.3, 0.4) is 0 Å². The van der Waals surface area contributed by atoms with Crippen molar-refractivity contribution in [3.8, 4) is 0 Å². The van der Waals surface area contributed by atoms with Gasteiger partial charge in [-0.3, -0.25) is 0 Å². The molecule has 0 saturated heterocycles. The molecular formula is C10H10F. The standard InChI is InChI=1S/C10H10F/c1-3-9-5-4-6-10(7-9)8(2)11/h3-8H,1-2H2. The number of rotatable bonds is 2. The van der Waals surface area contributed by atoms with Crippen molar-refractivity contribution in [3.63, 3.8) is 0 Å². The molecule has 0 aliphatic carbocycles. The van der Waals surface area contributed by atoms with Crippen molar-refractivity contribution >= 4 is 6.08 Å². The quantitative estimate of drug-likeness (QED) is 0.605. The van der Waals surface area contributed by atoms with Crippen LogP contribution in [0.25, 0.3) is 6.08 Å². The maximum Gasteiger partial charge on any atom is 0.125 e. The van der Waals surface area contributed by atoms with Crippen LogP contribution in [0.1, 0.15) is 17.3 Å². The second kappa shape index (κ2) is 3.33. The molecule has 0 fully saturated rings. The fourth-order valence-electron chi connectivity index (χ4n) is 0.881. The van der Waals surface area contributed by atoms with E-state index in [-0.39, 0.29) is 0 Å². The van der Waals surface area contributed by atoms with E-state index < -0.39 is 6.17 Å². The number of hydrogen-bond acceptors (Lipinski definition) is 0. The van der Waals surface area contributed by atoms with E-state index in [4.69, 9.17) is 0 Å². The first-order chi connectivity index (χ1) is 5.24. The van der Waals surface area contributed by atoms with Crippen LogP contribution in [-0.4, -0.2) is 0 Å². The Morgan fingerprint density at radius 1 is 1.45 bits per heavy atom. The lowest BCUT2D eigenvalue weighted by Crippen LogP contribution is -1.85. The van der Waals surface area contributed by atoms with E-state index in [1.807, 2.05) is 6.07 Å². The number of halogens is 1. The molecule has 1 atom stereocenters. The Labute approximate surface area is 66.4 Å². The monoisotopic (exact) mass is 149 g/mol. The molecule has 0 bridgehead atoms. The third-order valence-electron chi connectivity index (χ3n) is 1.51. The van der Waals surface area contributed by atoms with Crippen molar-refractivity contribution in [1.82, 2.24) is 0 Å². The van der Waals surface area contributed by atoms with Gasteiger partial charge in [0.2, 0.25) is 0 Å². The molecule has 0 N–H and O–H groups in total. The zero-order chi connectivity index (χ0) is 8.27. The lowest BCUT2D eigenvalue weighted by atomic mass is 10.1. The van der Waals surface area contributed by atoms with Gasteiger partial charge in [-0.25, -0.2) is 4.39 Å². The molecule has 1 aromatic carbocycles. The molecule has 57 valence electrons. The van der Waals surface area contributed by atoms with Gasteiger partial charge in [-0.1, -0.05) is 30.9 Å². The third-order valence-corrected chi connectivity index (χ3v) is 1.51. The molecule has 0 heterocycles. The first kappa shape index (κ1) is 7.99. The van der Waals surface area contributed by atoms with Gasteiger partial charge < -0.3 is 0 Å². The van der Waals surface area contributed by atoms with Crippen molar-refractivity contribution < 1.29 is 4.39 Å². The van der Waals surface area contributed by atoms with E-state index in [9.17, 15) is 4.39 Å². The minimum Gasteiger partial charge on any atom is -0.242 e. The molecule has 1 unspecified atom stereocenters. The Kier molecular flexibility index (Phi) is 2.42. The maximum atomic E-state index is 12.6. The molecule has 1 radical (unpaired) electrons. The summed E-state index contributed by atoms with van der Waals surface area (Å²) in [6.07, 6.45) is 0.543. The summed E-state index contributed by atoms with van der Waals surface area (Å²) in [7, 11) is 0. The van der Waals surface area contributed by atoms with Gasteiger partial charge in [0.05, 0.1) is 0 Å². The summed E-state index contributed by atoms with van der Waals surface area (Å²) >= 11 is 0. The van der Waals surface area contributed by atoms with E-state index >= 15 is 0 Å². The van der Waals surface area contributed by atoms with Crippen LogP contribution in [0.4, 0.5) is 4.39 Å². The zero-order valence-corrected chi connectivity index (χ0v) is 6.26. The first-order valence-corrected chi connectivity index (χ1v) is 3.43. The van der Waals surface area contributed by atoms with Crippen molar-refractivity contribution in [2.45, 2.75) is 6.17 Å². The SMILES string of the molecule is [CH2]C(F)c1cccc(C=C)c1. The van der Waals surface area contributed by atoms with Crippen molar-refractivity contribution in [1.29, 1.82) is 0 Å². The van der Waals surface area contributed by atoms with Crippen LogP contribution in [-0.2, 0) is 0 Å². The first-order valence-electron chi connectivity index (χ1n) is 3.43. The fourth-order valence-corrected chi connectivity index (χ4v) is 0.881. The highest BCUT2D eigenvalue weighted by molar-refractivity contribution is 5.48. The predicted molar refractivity (Wildman–Crippen MR) is 45.7 cm³/mol. The Morgan fingerprint density at radius 3 is 2.73 bits per heavy atom. The van der Waals surface area contributed by atoms with Crippen LogP contribution in [0.2, 0.25) is 0 Å². The molecule has 0 aromatic heterocycles. The van der Waals surface area contributed by atoms with Gasteiger partial charge in [-0.2, -0.15) is 0 Å². The molecule has 0 amide bonds. The molecule has 0 aliphatic heterocycles. The second-order valence-corrected chi connectivity index (χ2v) is 2.34. The topological polar surface area (TPSA) is 0 Å². The lowest BCUT2D eigenvalue weighted by molar-refractivity contribution is 0.411. The molecule has 11 heavy (non-hydrogen) atoms. The number of alkyl halides is 1. The number of benzene rings is 1. The van der Waals surface area contributed by atoms with Crippen LogP contribution >= 0.6 is 0 Å². The predicted octanol–water partition coefficient (Wildman–Crippen LogP) is 3.17. The summed E-state index contributed by atoms with van der Waals surface area (Å²) in [5.74, 6) is 0. The molecule has 1 aromatic rings. The minimum absolute atomic E-state index is 0.599. The van der Waals surface area contributed by atoms with E-state index in [0.717, 1.165) is 5.56 Å². The number of hydrogen-bond donors (Lipinski definition) is 0. The largest absolute Gasteiger partial charge is 0.242 e. The Morgan fingerprint density at radius 2 is 2.18 bits per heavy atom. The molecule has 0 nitrogen and oxygen atoms in total. The minimum atomic E-state index is -1.14. The van der Waals surface area contributed by atoms with Gasteiger partial charge in [0.1, 0.15) is 6.17 Å². The highest BCUT2D eigenvalue weighted by Crippen LogP contribution is 2.17. The molecule has 0 spiro atoms. The summed E-state index contributed by atoms with van der Waals surface area (Å²) in [5, 5.41) is 0. The summed E-state index contributed by atoms with van der Waals surface area (Å²) in [6.45, 7) is 6.87. The van der Waals surface area contributed by atoms with E-state index in [1.54, 1.807) is 24.3 Å². The normalized spacial score (nSPS) is 12.5. The molecule has 0 aliphatic rings.